The summed E-state index contributed by atoms with van der Waals surface area (Å²) < 4.78 is 5.19. The summed E-state index contributed by atoms with van der Waals surface area (Å²) in [5, 5.41) is 22.5. The fourth-order valence-corrected chi connectivity index (χ4v) is 2.39. The molecule has 0 aromatic rings. The van der Waals surface area contributed by atoms with E-state index >= 15 is 0 Å². The van der Waals surface area contributed by atoms with Crippen LogP contribution in [0.15, 0.2) is 12.2 Å². The molecule has 126 valence electrons. The minimum Gasteiger partial charge on any atom is -0.549 e. The summed E-state index contributed by atoms with van der Waals surface area (Å²) in [6, 6.07) is 0. The molecule has 22 heavy (non-hydrogen) atoms. The van der Waals surface area contributed by atoms with Gasteiger partial charge in [-0.2, -0.15) is 0 Å². The normalized spacial score (nSPS) is 13.4. The van der Waals surface area contributed by atoms with Gasteiger partial charge >= 0.3 is 0 Å². The number of rotatable bonds is 13. The molecule has 0 aliphatic rings. The van der Waals surface area contributed by atoms with Crippen molar-refractivity contribution < 1.29 is 29.3 Å². The predicted molar refractivity (Wildman–Crippen MR) is 76.5 cm³/mol. The van der Waals surface area contributed by atoms with E-state index in [-0.39, 0.29) is 6.42 Å². The van der Waals surface area contributed by atoms with E-state index in [0.717, 1.165) is 12.8 Å². The summed E-state index contributed by atoms with van der Waals surface area (Å²) in [7, 11) is 0. The third kappa shape index (κ3) is 6.39. The van der Waals surface area contributed by atoms with Crippen LogP contribution in [0.4, 0.5) is 0 Å². The van der Waals surface area contributed by atoms with Crippen molar-refractivity contribution in [1.29, 1.82) is 0 Å². The molecule has 0 aromatic carbocycles. The van der Waals surface area contributed by atoms with E-state index in [2.05, 4.69) is 6.58 Å². The van der Waals surface area contributed by atoms with Crippen molar-refractivity contribution in [1.82, 2.24) is 0 Å². The van der Waals surface area contributed by atoms with E-state index in [1.54, 1.807) is 0 Å². The standard InChI is InChI=1S/C16H26O6/c1-4-22-10-8-6-5-7-9-16(15(20)21,11-12(2)17)13(3)14(18)19/h3-11H2,1-2H3,(H,18,19)(H,20,21)/p-2. The first kappa shape index (κ1) is 20.3. The monoisotopic (exact) mass is 312 g/mol. The molecule has 0 aliphatic carbocycles. The quantitative estimate of drug-likeness (QED) is 0.350. The molecule has 0 amide bonds. The Balaban J connectivity index is 4.72. The molecule has 0 spiro atoms. The van der Waals surface area contributed by atoms with Gasteiger partial charge in [0, 0.05) is 25.0 Å². The number of carbonyl (C=O) groups is 3. The van der Waals surface area contributed by atoms with Crippen molar-refractivity contribution in [2.75, 3.05) is 13.2 Å². The Hall–Kier alpha value is -1.69. The molecular weight excluding hydrogens is 288 g/mol. The van der Waals surface area contributed by atoms with E-state index in [1.165, 1.54) is 6.92 Å². The SMILES string of the molecule is C=C(C(=O)[O-])C(CCCCCCOCC)(CC(C)=O)C(=O)[O-]. The number of carboxylic acid groups (broad SMARTS) is 2. The predicted octanol–water partition coefficient (Wildman–Crippen LogP) is -0.00510. The number of ether oxygens (including phenoxy) is 1. The minimum atomic E-state index is -1.88. The third-order valence-corrected chi connectivity index (χ3v) is 3.61. The largest absolute Gasteiger partial charge is 0.549 e. The first-order chi connectivity index (χ1) is 10.3. The first-order valence-electron chi connectivity index (χ1n) is 7.47. The van der Waals surface area contributed by atoms with Crippen molar-refractivity contribution in [2.45, 2.75) is 52.4 Å². The maximum atomic E-state index is 11.5. The molecule has 1 unspecified atom stereocenters. The summed E-state index contributed by atoms with van der Waals surface area (Å²) in [6.45, 7) is 7.69. The van der Waals surface area contributed by atoms with Gasteiger partial charge in [0.1, 0.15) is 5.78 Å². The molecular formula is C16H24O6-2. The van der Waals surface area contributed by atoms with Gasteiger partial charge in [-0.3, -0.25) is 4.79 Å². The van der Waals surface area contributed by atoms with E-state index < -0.39 is 35.1 Å². The molecule has 0 aromatic heterocycles. The average Bonchev–Trinajstić information content (AvgIpc) is 2.43. The maximum Gasteiger partial charge on any atom is 0.131 e. The number of unbranched alkanes of at least 4 members (excludes halogenated alkanes) is 3. The Morgan fingerprint density at radius 1 is 1.09 bits per heavy atom. The van der Waals surface area contributed by atoms with E-state index in [4.69, 9.17) is 4.74 Å². The zero-order valence-corrected chi connectivity index (χ0v) is 13.3. The molecule has 0 saturated heterocycles. The fraction of sp³-hybridized carbons (Fsp3) is 0.688. The zero-order chi connectivity index (χ0) is 17.2. The summed E-state index contributed by atoms with van der Waals surface area (Å²) in [5.74, 6) is -3.68. The molecule has 0 bridgehead atoms. The Morgan fingerprint density at radius 2 is 1.68 bits per heavy atom. The zero-order valence-electron chi connectivity index (χ0n) is 13.3. The first-order valence-corrected chi connectivity index (χ1v) is 7.47. The lowest BCUT2D eigenvalue weighted by atomic mass is 9.72. The van der Waals surface area contributed by atoms with Crippen LogP contribution < -0.4 is 10.2 Å². The highest BCUT2D eigenvalue weighted by Crippen LogP contribution is 2.36. The molecule has 1 atom stereocenters. The topological polar surface area (TPSA) is 107 Å². The van der Waals surface area contributed by atoms with E-state index in [1.807, 2.05) is 6.92 Å². The van der Waals surface area contributed by atoms with Crippen molar-refractivity contribution in [3.63, 3.8) is 0 Å². The lowest BCUT2D eigenvalue weighted by Crippen LogP contribution is -2.48. The van der Waals surface area contributed by atoms with Gasteiger partial charge in [0.25, 0.3) is 0 Å². The van der Waals surface area contributed by atoms with Crippen LogP contribution in [0, 0.1) is 5.41 Å². The Labute approximate surface area is 131 Å². The van der Waals surface area contributed by atoms with Crippen molar-refractivity contribution in [3.8, 4) is 0 Å². The summed E-state index contributed by atoms with van der Waals surface area (Å²) >= 11 is 0. The van der Waals surface area contributed by atoms with Crippen LogP contribution in [-0.2, 0) is 19.1 Å². The summed E-state index contributed by atoms with van der Waals surface area (Å²) in [6.07, 6.45) is 2.40. The lowest BCUT2D eigenvalue weighted by Gasteiger charge is -2.36. The van der Waals surface area contributed by atoms with Gasteiger partial charge in [-0.05, 0) is 32.3 Å². The van der Waals surface area contributed by atoms with Gasteiger partial charge in [0.05, 0.1) is 11.9 Å². The molecule has 6 heteroatoms. The van der Waals surface area contributed by atoms with Crippen LogP contribution in [0.5, 0.6) is 0 Å². The van der Waals surface area contributed by atoms with Gasteiger partial charge < -0.3 is 24.5 Å². The smallest absolute Gasteiger partial charge is 0.131 e. The van der Waals surface area contributed by atoms with Crippen molar-refractivity contribution in [2.24, 2.45) is 5.41 Å². The van der Waals surface area contributed by atoms with Crippen LogP contribution >= 0.6 is 0 Å². The van der Waals surface area contributed by atoms with Crippen LogP contribution in [0.25, 0.3) is 0 Å². The van der Waals surface area contributed by atoms with Gasteiger partial charge in [-0.15, -0.1) is 0 Å². The van der Waals surface area contributed by atoms with Crippen molar-refractivity contribution >= 4 is 17.7 Å². The molecule has 0 heterocycles. The molecule has 0 saturated carbocycles. The number of carboxylic acids is 2. The summed E-state index contributed by atoms with van der Waals surface area (Å²) in [4.78, 5) is 33.8. The van der Waals surface area contributed by atoms with Gasteiger partial charge in [0.2, 0.25) is 0 Å². The number of ketones is 1. The highest BCUT2D eigenvalue weighted by Gasteiger charge is 2.36. The van der Waals surface area contributed by atoms with Crippen LogP contribution in [0.2, 0.25) is 0 Å². The average molecular weight is 312 g/mol. The number of hydrogen-bond acceptors (Lipinski definition) is 6. The fourth-order valence-electron chi connectivity index (χ4n) is 2.39. The Morgan fingerprint density at radius 3 is 2.14 bits per heavy atom. The highest BCUT2D eigenvalue weighted by molar-refractivity contribution is 5.97. The number of carbonyl (C=O) groups excluding carboxylic acids is 3. The molecule has 0 N–H and O–H groups in total. The van der Waals surface area contributed by atoms with Gasteiger partial charge in [0.15, 0.2) is 0 Å². The number of hydrogen-bond donors (Lipinski definition) is 0. The molecule has 0 rings (SSSR count). The number of aliphatic carboxylic acids is 2. The van der Waals surface area contributed by atoms with Crippen LogP contribution in [0.1, 0.15) is 52.4 Å². The van der Waals surface area contributed by atoms with Crippen LogP contribution in [-0.4, -0.2) is 30.9 Å². The maximum absolute atomic E-state index is 11.5. The van der Waals surface area contributed by atoms with Crippen LogP contribution in [0.3, 0.4) is 0 Å². The van der Waals surface area contributed by atoms with E-state index in [0.29, 0.717) is 26.1 Å². The third-order valence-electron chi connectivity index (χ3n) is 3.61. The van der Waals surface area contributed by atoms with Gasteiger partial charge in [-0.25, -0.2) is 0 Å². The second-order valence-corrected chi connectivity index (χ2v) is 5.38. The second kappa shape index (κ2) is 10.1. The summed E-state index contributed by atoms with van der Waals surface area (Å²) in [5.41, 5.74) is -2.48. The second-order valence-electron chi connectivity index (χ2n) is 5.38. The molecule has 0 aliphatic heterocycles. The molecule has 0 fully saturated rings. The Bertz CT molecular complexity index is 415. The molecule has 6 nitrogen and oxygen atoms in total. The Kier molecular flexibility index (Phi) is 9.33. The van der Waals surface area contributed by atoms with Gasteiger partial charge in [-0.1, -0.05) is 25.8 Å². The highest BCUT2D eigenvalue weighted by atomic mass is 16.5. The number of Topliss-reactive ketones (excluding diaryl/α,β-unsaturated/α-hetero) is 1. The van der Waals surface area contributed by atoms with E-state index in [9.17, 15) is 24.6 Å². The minimum absolute atomic E-state index is 0.00361. The van der Waals surface area contributed by atoms with Crippen molar-refractivity contribution in [3.05, 3.63) is 12.2 Å². The lowest BCUT2D eigenvalue weighted by molar-refractivity contribution is -0.322. The molecule has 0 radical (unpaired) electrons.